The van der Waals surface area contributed by atoms with Crippen molar-refractivity contribution in [1.29, 1.82) is 0 Å². The minimum Gasteiger partial charge on any atom is -0.497 e. The highest BCUT2D eigenvalue weighted by Gasteiger charge is 2.19. The van der Waals surface area contributed by atoms with Crippen LogP contribution in [0.25, 0.3) is 0 Å². The maximum Gasteiger partial charge on any atom is 0.251 e. The molecule has 0 saturated carbocycles. The van der Waals surface area contributed by atoms with Gasteiger partial charge in [-0.15, -0.1) is 0 Å². The van der Waals surface area contributed by atoms with E-state index >= 15 is 0 Å². The van der Waals surface area contributed by atoms with Crippen LogP contribution in [0.5, 0.6) is 11.5 Å². The van der Waals surface area contributed by atoms with Gasteiger partial charge in [0.1, 0.15) is 11.5 Å². The first-order chi connectivity index (χ1) is 16.2. The van der Waals surface area contributed by atoms with Gasteiger partial charge in [-0.2, -0.15) is 0 Å². The number of hydrogen-bond acceptors (Lipinski definition) is 5. The molecule has 1 unspecified atom stereocenters. The normalized spacial score (nSPS) is 12.0. The van der Waals surface area contributed by atoms with Gasteiger partial charge in [0.05, 0.1) is 38.2 Å². The molecule has 0 spiro atoms. The number of ether oxygens (including phenoxy) is 2. The van der Waals surface area contributed by atoms with Gasteiger partial charge >= 0.3 is 0 Å². The van der Waals surface area contributed by atoms with E-state index in [0.29, 0.717) is 23.6 Å². The molecule has 0 aliphatic rings. The smallest absolute Gasteiger partial charge is 0.251 e. The van der Waals surface area contributed by atoms with Crippen LogP contribution in [0.15, 0.2) is 72.8 Å². The quantitative estimate of drug-likeness (QED) is 0.458. The number of carbonyl (C=O) groups excluding carboxylic acids is 1. The summed E-state index contributed by atoms with van der Waals surface area (Å²) >= 11 is 0. The van der Waals surface area contributed by atoms with Crippen molar-refractivity contribution in [2.45, 2.75) is 26.4 Å². The third kappa shape index (κ3) is 6.51. The lowest BCUT2D eigenvalue weighted by atomic mass is 10.1. The number of hydrogen-bond donors (Lipinski definition) is 1. The van der Waals surface area contributed by atoms with Crippen molar-refractivity contribution in [3.05, 3.63) is 89.5 Å². The number of nitrogens with zero attached hydrogens (tertiary/aromatic N) is 1. The number of carbonyl (C=O) groups is 1. The van der Waals surface area contributed by atoms with Gasteiger partial charge in [0, 0.05) is 5.56 Å². The minimum atomic E-state index is -3.52. The van der Waals surface area contributed by atoms with E-state index in [2.05, 4.69) is 5.32 Å². The third-order valence-electron chi connectivity index (χ3n) is 5.34. The van der Waals surface area contributed by atoms with Gasteiger partial charge in [0.15, 0.2) is 0 Å². The first-order valence-electron chi connectivity index (χ1n) is 11.0. The fraction of sp³-hybridized carbons (Fsp3) is 0.269. The molecule has 0 aliphatic heterocycles. The topological polar surface area (TPSA) is 84.9 Å². The van der Waals surface area contributed by atoms with Crippen molar-refractivity contribution < 1.29 is 22.7 Å². The molecule has 1 amide bonds. The molecule has 0 aromatic heterocycles. The maximum atomic E-state index is 12.7. The van der Waals surface area contributed by atoms with Crippen molar-refractivity contribution in [2.24, 2.45) is 0 Å². The summed E-state index contributed by atoms with van der Waals surface area (Å²) in [6.45, 7) is 4.49. The summed E-state index contributed by atoms with van der Waals surface area (Å²) in [5.74, 6) is 1.23. The molecule has 0 bridgehead atoms. The molecule has 180 valence electrons. The molecule has 8 heteroatoms. The molecule has 3 aromatic rings. The zero-order valence-corrected chi connectivity index (χ0v) is 20.6. The second-order valence-corrected chi connectivity index (χ2v) is 9.77. The van der Waals surface area contributed by atoms with Gasteiger partial charge in [-0.1, -0.05) is 24.3 Å². The fourth-order valence-electron chi connectivity index (χ4n) is 3.46. The van der Waals surface area contributed by atoms with Crippen LogP contribution in [0, 0.1) is 0 Å². The number of nitrogens with one attached hydrogen (secondary N) is 1. The summed E-state index contributed by atoms with van der Waals surface area (Å²) in [6.07, 6.45) is 1.17. The number of sulfonamides is 1. The average molecular weight is 483 g/mol. The van der Waals surface area contributed by atoms with Crippen LogP contribution in [-0.4, -0.2) is 34.3 Å². The van der Waals surface area contributed by atoms with E-state index in [-0.39, 0.29) is 18.5 Å². The Labute approximate surface area is 201 Å². The molecule has 7 nitrogen and oxygen atoms in total. The first kappa shape index (κ1) is 25.1. The van der Waals surface area contributed by atoms with Crippen LogP contribution in [0.1, 0.15) is 41.4 Å². The van der Waals surface area contributed by atoms with E-state index in [1.54, 1.807) is 55.6 Å². The summed E-state index contributed by atoms with van der Waals surface area (Å²) in [6, 6.07) is 21.2. The lowest BCUT2D eigenvalue weighted by molar-refractivity contribution is 0.0940. The van der Waals surface area contributed by atoms with Crippen LogP contribution in [0.4, 0.5) is 5.69 Å². The Morgan fingerprint density at radius 3 is 2.06 bits per heavy atom. The average Bonchev–Trinajstić information content (AvgIpc) is 2.83. The van der Waals surface area contributed by atoms with Crippen molar-refractivity contribution in [1.82, 2.24) is 5.32 Å². The summed E-state index contributed by atoms with van der Waals surface area (Å²) in [5, 5.41) is 2.98. The SMILES string of the molecule is CCOc1ccc(N(Cc2ccc(C(=O)NC(C)c3ccc(OC)cc3)cc2)S(C)(=O)=O)cc1. The zero-order chi connectivity index (χ0) is 24.7. The van der Waals surface area contributed by atoms with Gasteiger partial charge in [-0.25, -0.2) is 8.42 Å². The van der Waals surface area contributed by atoms with E-state index in [1.807, 2.05) is 38.1 Å². The largest absolute Gasteiger partial charge is 0.497 e. The predicted molar refractivity (Wildman–Crippen MR) is 134 cm³/mol. The van der Waals surface area contributed by atoms with E-state index in [9.17, 15) is 13.2 Å². The number of methoxy groups -OCH3 is 1. The summed E-state index contributed by atoms with van der Waals surface area (Å²) < 4.78 is 36.8. The summed E-state index contributed by atoms with van der Waals surface area (Å²) in [7, 11) is -1.91. The van der Waals surface area contributed by atoms with Crippen molar-refractivity contribution >= 4 is 21.6 Å². The monoisotopic (exact) mass is 482 g/mol. The van der Waals surface area contributed by atoms with Crippen LogP contribution in [0.2, 0.25) is 0 Å². The van der Waals surface area contributed by atoms with Gasteiger partial charge in [-0.05, 0) is 73.5 Å². The van der Waals surface area contributed by atoms with Crippen LogP contribution in [0.3, 0.4) is 0 Å². The second kappa shape index (κ2) is 11.1. The van der Waals surface area contributed by atoms with Crippen molar-refractivity contribution in [3.63, 3.8) is 0 Å². The second-order valence-electron chi connectivity index (χ2n) is 7.86. The summed E-state index contributed by atoms with van der Waals surface area (Å²) in [4.78, 5) is 12.7. The Kier molecular flexibility index (Phi) is 8.17. The van der Waals surface area contributed by atoms with Crippen LogP contribution < -0.4 is 19.1 Å². The van der Waals surface area contributed by atoms with Gasteiger partial charge < -0.3 is 14.8 Å². The van der Waals surface area contributed by atoms with Gasteiger partial charge in [0.2, 0.25) is 10.0 Å². The molecular weight excluding hydrogens is 452 g/mol. The molecule has 3 aromatic carbocycles. The minimum absolute atomic E-state index is 0.150. The van der Waals surface area contributed by atoms with E-state index < -0.39 is 10.0 Å². The third-order valence-corrected chi connectivity index (χ3v) is 6.48. The van der Waals surface area contributed by atoms with Gasteiger partial charge in [0.25, 0.3) is 5.91 Å². The highest BCUT2D eigenvalue weighted by atomic mass is 32.2. The first-order valence-corrected chi connectivity index (χ1v) is 12.8. The Balaban J connectivity index is 1.69. The molecular formula is C26H30N2O5S. The van der Waals surface area contributed by atoms with E-state index in [1.165, 1.54) is 10.6 Å². The summed E-state index contributed by atoms with van der Waals surface area (Å²) in [5.41, 5.74) is 2.76. The molecule has 0 aliphatic carbocycles. The molecule has 0 radical (unpaired) electrons. The Morgan fingerprint density at radius 1 is 0.941 bits per heavy atom. The molecule has 0 fully saturated rings. The van der Waals surface area contributed by atoms with Crippen LogP contribution >= 0.6 is 0 Å². The Bertz CT molecular complexity index is 1190. The number of anilines is 1. The van der Waals surface area contributed by atoms with E-state index in [0.717, 1.165) is 16.9 Å². The lowest BCUT2D eigenvalue weighted by Crippen LogP contribution is -2.29. The Hall–Kier alpha value is -3.52. The standard InChI is InChI=1S/C26H30N2O5S/c1-5-33-25-16-12-23(13-17-25)28(34(4,30)31)18-20-6-8-22(9-7-20)26(29)27-19(2)21-10-14-24(32-3)15-11-21/h6-17,19H,5,18H2,1-4H3,(H,27,29). The maximum absolute atomic E-state index is 12.7. The fourth-order valence-corrected chi connectivity index (χ4v) is 4.35. The van der Waals surface area contributed by atoms with Crippen molar-refractivity contribution in [3.8, 4) is 11.5 Å². The zero-order valence-electron chi connectivity index (χ0n) is 19.8. The molecule has 1 N–H and O–H groups in total. The van der Waals surface area contributed by atoms with E-state index in [4.69, 9.17) is 9.47 Å². The molecule has 1 atom stereocenters. The predicted octanol–water partition coefficient (Wildman–Crippen LogP) is 4.55. The molecule has 34 heavy (non-hydrogen) atoms. The lowest BCUT2D eigenvalue weighted by Gasteiger charge is -2.23. The highest BCUT2D eigenvalue weighted by Crippen LogP contribution is 2.24. The van der Waals surface area contributed by atoms with Crippen molar-refractivity contribution in [2.75, 3.05) is 24.3 Å². The highest BCUT2D eigenvalue weighted by molar-refractivity contribution is 7.92. The number of benzene rings is 3. The molecule has 0 saturated heterocycles. The molecule has 3 rings (SSSR count). The van der Waals surface area contributed by atoms with Crippen LogP contribution in [-0.2, 0) is 16.6 Å². The number of rotatable bonds is 10. The number of amides is 1. The van der Waals surface area contributed by atoms with Gasteiger partial charge in [-0.3, -0.25) is 9.10 Å². The Morgan fingerprint density at radius 2 is 1.53 bits per heavy atom. The molecule has 0 heterocycles.